The van der Waals surface area contributed by atoms with Gasteiger partial charge >= 0.3 is 0 Å². The second-order valence-corrected chi connectivity index (χ2v) is 6.06. The molecule has 0 radical (unpaired) electrons. The van der Waals surface area contributed by atoms with Gasteiger partial charge in [-0.2, -0.15) is 5.10 Å². The third-order valence-corrected chi connectivity index (χ3v) is 3.94. The molecule has 0 aliphatic carbocycles. The van der Waals surface area contributed by atoms with Crippen molar-refractivity contribution in [1.82, 2.24) is 5.43 Å². The number of thiocarbonyl (C=S) groups is 1. The SMILES string of the molecule is C/C(=N/NC(=S)Nc1ccc(C)cc1C)c1ccc2c(c1)OCO2. The molecule has 0 atom stereocenters. The number of anilines is 1. The van der Waals surface area contributed by atoms with E-state index in [-0.39, 0.29) is 6.79 Å². The minimum Gasteiger partial charge on any atom is -0.454 e. The normalized spacial score (nSPS) is 12.9. The smallest absolute Gasteiger partial charge is 0.231 e. The molecule has 3 rings (SSSR count). The van der Waals surface area contributed by atoms with E-state index < -0.39 is 0 Å². The highest BCUT2D eigenvalue weighted by Crippen LogP contribution is 2.32. The molecule has 0 spiro atoms. The first-order chi connectivity index (χ1) is 11.5. The van der Waals surface area contributed by atoms with E-state index in [9.17, 15) is 0 Å². The molecule has 1 aliphatic rings. The molecule has 124 valence electrons. The van der Waals surface area contributed by atoms with Crippen LogP contribution in [0.5, 0.6) is 11.5 Å². The second kappa shape index (κ2) is 6.88. The highest BCUT2D eigenvalue weighted by atomic mass is 32.1. The zero-order valence-electron chi connectivity index (χ0n) is 13.8. The van der Waals surface area contributed by atoms with Crippen LogP contribution >= 0.6 is 12.2 Å². The first kappa shape index (κ1) is 16.3. The lowest BCUT2D eigenvalue weighted by molar-refractivity contribution is 0.174. The summed E-state index contributed by atoms with van der Waals surface area (Å²) >= 11 is 5.30. The molecular weight excluding hydrogens is 322 g/mol. The quantitative estimate of drug-likeness (QED) is 0.506. The van der Waals surface area contributed by atoms with Crippen molar-refractivity contribution in [2.75, 3.05) is 12.1 Å². The van der Waals surface area contributed by atoms with Gasteiger partial charge in [0.15, 0.2) is 16.6 Å². The van der Waals surface area contributed by atoms with Crippen LogP contribution in [0.2, 0.25) is 0 Å². The summed E-state index contributed by atoms with van der Waals surface area (Å²) in [5, 5.41) is 7.93. The van der Waals surface area contributed by atoms with Crippen molar-refractivity contribution in [3.05, 3.63) is 53.1 Å². The fraction of sp³-hybridized carbons (Fsp3) is 0.222. The summed E-state index contributed by atoms with van der Waals surface area (Å²) in [5.74, 6) is 1.49. The van der Waals surface area contributed by atoms with E-state index in [4.69, 9.17) is 21.7 Å². The summed E-state index contributed by atoms with van der Waals surface area (Å²) in [4.78, 5) is 0. The van der Waals surface area contributed by atoms with Gasteiger partial charge in [-0.15, -0.1) is 0 Å². The summed E-state index contributed by atoms with van der Waals surface area (Å²) in [6.07, 6.45) is 0. The monoisotopic (exact) mass is 341 g/mol. The third-order valence-electron chi connectivity index (χ3n) is 3.75. The molecule has 2 aromatic carbocycles. The Morgan fingerprint density at radius 2 is 1.88 bits per heavy atom. The van der Waals surface area contributed by atoms with E-state index in [1.165, 1.54) is 5.56 Å². The number of nitrogens with one attached hydrogen (secondary N) is 2. The van der Waals surface area contributed by atoms with Crippen LogP contribution in [0.3, 0.4) is 0 Å². The lowest BCUT2D eigenvalue weighted by Gasteiger charge is -2.11. The summed E-state index contributed by atoms with van der Waals surface area (Å²) in [6, 6.07) is 11.9. The molecule has 1 aliphatic heterocycles. The van der Waals surface area contributed by atoms with Crippen molar-refractivity contribution in [3.8, 4) is 11.5 Å². The predicted octanol–water partition coefficient (Wildman–Crippen LogP) is 3.74. The largest absolute Gasteiger partial charge is 0.454 e. The number of aryl methyl sites for hydroxylation is 2. The highest BCUT2D eigenvalue weighted by molar-refractivity contribution is 7.80. The molecule has 0 unspecified atom stereocenters. The molecule has 0 fully saturated rings. The summed E-state index contributed by atoms with van der Waals surface area (Å²) in [6.45, 7) is 6.27. The van der Waals surface area contributed by atoms with Gasteiger partial charge in [-0.05, 0) is 62.8 Å². The van der Waals surface area contributed by atoms with Gasteiger partial charge in [0.05, 0.1) is 5.71 Å². The number of hydrazone groups is 1. The van der Waals surface area contributed by atoms with Crippen molar-refractivity contribution in [2.45, 2.75) is 20.8 Å². The zero-order chi connectivity index (χ0) is 17.1. The number of fused-ring (bicyclic) bond motifs is 1. The number of rotatable bonds is 3. The molecule has 0 amide bonds. The molecule has 5 nitrogen and oxygen atoms in total. The van der Waals surface area contributed by atoms with Gasteiger partial charge in [0.1, 0.15) is 0 Å². The number of hydrogen-bond acceptors (Lipinski definition) is 4. The van der Waals surface area contributed by atoms with Crippen molar-refractivity contribution in [3.63, 3.8) is 0 Å². The molecule has 0 bridgehead atoms. The minimum absolute atomic E-state index is 0.261. The molecule has 2 N–H and O–H groups in total. The topological polar surface area (TPSA) is 54.9 Å². The van der Waals surface area contributed by atoms with Gasteiger partial charge in [-0.3, -0.25) is 5.43 Å². The van der Waals surface area contributed by atoms with E-state index in [1.54, 1.807) is 0 Å². The maximum atomic E-state index is 5.38. The van der Waals surface area contributed by atoms with Gasteiger partial charge in [-0.1, -0.05) is 17.7 Å². The fourth-order valence-corrected chi connectivity index (χ4v) is 2.58. The summed E-state index contributed by atoms with van der Waals surface area (Å²) in [5.41, 5.74) is 7.94. The Labute approximate surface area is 146 Å². The Hall–Kier alpha value is -2.60. The fourth-order valence-electron chi connectivity index (χ4n) is 2.42. The number of ether oxygens (including phenoxy) is 2. The van der Waals surface area contributed by atoms with Crippen LogP contribution in [-0.2, 0) is 0 Å². The molecule has 0 saturated carbocycles. The van der Waals surface area contributed by atoms with Gasteiger partial charge in [-0.25, -0.2) is 0 Å². The molecule has 0 aromatic heterocycles. The van der Waals surface area contributed by atoms with Gasteiger partial charge in [0, 0.05) is 11.3 Å². The average Bonchev–Trinajstić information content (AvgIpc) is 3.03. The van der Waals surface area contributed by atoms with E-state index >= 15 is 0 Å². The van der Waals surface area contributed by atoms with Gasteiger partial charge in [0.25, 0.3) is 0 Å². The van der Waals surface area contributed by atoms with Crippen molar-refractivity contribution in [2.24, 2.45) is 5.10 Å². The molecule has 0 saturated heterocycles. The van der Waals surface area contributed by atoms with Crippen LogP contribution in [0.25, 0.3) is 0 Å². The average molecular weight is 341 g/mol. The van der Waals surface area contributed by atoms with E-state index in [1.807, 2.05) is 44.2 Å². The van der Waals surface area contributed by atoms with E-state index in [0.29, 0.717) is 5.11 Å². The Morgan fingerprint density at radius 3 is 2.67 bits per heavy atom. The first-order valence-electron chi connectivity index (χ1n) is 7.61. The van der Waals surface area contributed by atoms with Crippen molar-refractivity contribution < 1.29 is 9.47 Å². The van der Waals surface area contributed by atoms with Crippen LogP contribution in [0.15, 0.2) is 41.5 Å². The zero-order valence-corrected chi connectivity index (χ0v) is 14.7. The third kappa shape index (κ3) is 3.65. The predicted molar refractivity (Wildman–Crippen MR) is 100 cm³/mol. The van der Waals surface area contributed by atoms with Crippen LogP contribution in [0, 0.1) is 13.8 Å². The van der Waals surface area contributed by atoms with Crippen LogP contribution in [-0.4, -0.2) is 17.6 Å². The Kier molecular flexibility index (Phi) is 4.66. The number of benzene rings is 2. The molecule has 1 heterocycles. The summed E-state index contributed by atoms with van der Waals surface area (Å²) < 4.78 is 10.7. The highest BCUT2D eigenvalue weighted by Gasteiger charge is 2.14. The molecule has 6 heteroatoms. The van der Waals surface area contributed by atoms with Gasteiger partial charge in [0.2, 0.25) is 6.79 Å². The van der Waals surface area contributed by atoms with Crippen LogP contribution < -0.4 is 20.2 Å². The minimum atomic E-state index is 0.261. The maximum absolute atomic E-state index is 5.38. The van der Waals surface area contributed by atoms with Gasteiger partial charge < -0.3 is 14.8 Å². The molecule has 24 heavy (non-hydrogen) atoms. The maximum Gasteiger partial charge on any atom is 0.231 e. The van der Waals surface area contributed by atoms with Crippen LogP contribution in [0.1, 0.15) is 23.6 Å². The lowest BCUT2D eigenvalue weighted by Crippen LogP contribution is -2.25. The van der Waals surface area contributed by atoms with Crippen LogP contribution in [0.4, 0.5) is 5.69 Å². The Bertz CT molecular complexity index is 818. The van der Waals surface area contributed by atoms with Crippen molar-refractivity contribution >= 4 is 28.7 Å². The first-order valence-corrected chi connectivity index (χ1v) is 8.02. The van der Waals surface area contributed by atoms with E-state index in [0.717, 1.165) is 34.0 Å². The van der Waals surface area contributed by atoms with Crippen molar-refractivity contribution in [1.29, 1.82) is 0 Å². The molecule has 2 aromatic rings. The Morgan fingerprint density at radius 1 is 1.08 bits per heavy atom. The second-order valence-electron chi connectivity index (χ2n) is 5.65. The standard InChI is InChI=1S/C18H19N3O2S/c1-11-4-6-15(12(2)8-11)19-18(24)21-20-13(3)14-5-7-16-17(9-14)23-10-22-16/h4-9H,10H2,1-3H3,(H2,19,21,24)/b20-13-. The molecular formula is C18H19N3O2S. The Balaban J connectivity index is 1.65. The lowest BCUT2D eigenvalue weighted by atomic mass is 10.1. The number of hydrogen-bond donors (Lipinski definition) is 2. The van der Waals surface area contributed by atoms with E-state index in [2.05, 4.69) is 28.8 Å². The summed E-state index contributed by atoms with van der Waals surface area (Å²) in [7, 11) is 0. The number of nitrogens with zero attached hydrogens (tertiary/aromatic N) is 1.